The Morgan fingerprint density at radius 3 is 2.89 bits per heavy atom. The van der Waals surface area contributed by atoms with Crippen LogP contribution in [-0.2, 0) is 4.74 Å². The van der Waals surface area contributed by atoms with Crippen LogP contribution in [0.2, 0.25) is 0 Å². The van der Waals surface area contributed by atoms with Crippen LogP contribution in [0.25, 0.3) is 0 Å². The predicted molar refractivity (Wildman–Crippen MR) is 68.8 cm³/mol. The maximum atomic E-state index is 11.5. The lowest BCUT2D eigenvalue weighted by atomic mass is 10.1. The molecule has 0 atom stereocenters. The number of phenolic OH excluding ortho intramolecular Hbond substituents is 1. The molecule has 2 N–H and O–H groups in total. The van der Waals surface area contributed by atoms with Crippen molar-refractivity contribution in [3.63, 3.8) is 0 Å². The number of nitrogens with one attached hydrogen (secondary N) is 1. The van der Waals surface area contributed by atoms with Gasteiger partial charge < -0.3 is 9.84 Å². The maximum absolute atomic E-state index is 11.5. The van der Waals surface area contributed by atoms with Gasteiger partial charge in [-0.1, -0.05) is 17.8 Å². The number of nitrogens with zero attached hydrogens (tertiary/aromatic N) is 2. The third-order valence-corrected chi connectivity index (χ3v) is 2.57. The summed E-state index contributed by atoms with van der Waals surface area (Å²) in [5.74, 6) is -0.912. The van der Waals surface area contributed by atoms with E-state index in [9.17, 15) is 9.90 Å². The van der Waals surface area contributed by atoms with Crippen molar-refractivity contribution >= 4 is 28.6 Å². The summed E-state index contributed by atoms with van der Waals surface area (Å²) < 4.78 is 4.57. The van der Waals surface area contributed by atoms with Crippen molar-refractivity contribution in [1.82, 2.24) is 5.32 Å². The summed E-state index contributed by atoms with van der Waals surface area (Å²) >= 11 is 1.21. The molecule has 1 aromatic carbocycles. The first-order valence-electron chi connectivity index (χ1n) is 4.82. The molecule has 7 heteroatoms. The number of benzene rings is 1. The van der Waals surface area contributed by atoms with Crippen LogP contribution in [-0.4, -0.2) is 29.6 Å². The van der Waals surface area contributed by atoms with E-state index in [1.165, 1.54) is 24.9 Å². The number of phenols is 1. The second kappa shape index (κ2) is 6.51. The number of rotatable bonds is 2. The van der Waals surface area contributed by atoms with Gasteiger partial charge in [0.15, 0.2) is 11.4 Å². The molecule has 0 aliphatic heterocycles. The van der Waals surface area contributed by atoms with E-state index in [0.29, 0.717) is 5.17 Å². The summed E-state index contributed by atoms with van der Waals surface area (Å²) in [7, 11) is 1.21. The van der Waals surface area contributed by atoms with E-state index < -0.39 is 5.97 Å². The number of thioether (sulfide) groups is 1. The van der Waals surface area contributed by atoms with Crippen molar-refractivity contribution in [1.29, 1.82) is 5.26 Å². The molecular weight excluding hydrogens is 254 g/mol. The molecule has 0 saturated heterocycles. The molecule has 0 bridgehead atoms. The molecule has 0 aliphatic rings. The Morgan fingerprint density at radius 1 is 1.61 bits per heavy atom. The maximum Gasteiger partial charge on any atom is 0.343 e. The largest absolute Gasteiger partial charge is 0.507 e. The fourth-order valence-electron chi connectivity index (χ4n) is 1.21. The average molecular weight is 265 g/mol. The minimum atomic E-state index is -0.690. The van der Waals surface area contributed by atoms with Crippen LogP contribution in [0.4, 0.5) is 5.69 Å². The Hall–Kier alpha value is -2.20. The molecule has 0 aromatic heterocycles. The lowest BCUT2D eigenvalue weighted by Crippen LogP contribution is -2.13. The summed E-state index contributed by atoms with van der Waals surface area (Å²) in [6, 6.07) is 4.45. The van der Waals surface area contributed by atoms with Crippen LogP contribution in [0.5, 0.6) is 5.75 Å². The Balaban J connectivity index is 3.28. The highest BCUT2D eigenvalue weighted by Gasteiger charge is 2.16. The molecule has 1 aromatic rings. The minimum absolute atomic E-state index is 0.0358. The number of nitriles is 1. The van der Waals surface area contributed by atoms with Crippen LogP contribution in [0.1, 0.15) is 10.4 Å². The molecule has 1 rings (SSSR count). The van der Waals surface area contributed by atoms with Gasteiger partial charge in [0.1, 0.15) is 11.3 Å². The monoisotopic (exact) mass is 265 g/mol. The number of hydrogen-bond donors (Lipinski definition) is 2. The number of methoxy groups -OCH3 is 1. The molecule has 0 unspecified atom stereocenters. The molecule has 0 fully saturated rings. The van der Waals surface area contributed by atoms with Crippen LogP contribution < -0.4 is 5.32 Å². The van der Waals surface area contributed by atoms with Gasteiger partial charge in [0.2, 0.25) is 0 Å². The number of ether oxygens (including phenoxy) is 1. The van der Waals surface area contributed by atoms with Gasteiger partial charge in [-0.05, 0) is 18.4 Å². The second-order valence-corrected chi connectivity index (χ2v) is 3.82. The average Bonchev–Trinajstić information content (AvgIpc) is 2.37. The summed E-state index contributed by atoms with van der Waals surface area (Å²) in [4.78, 5) is 15.6. The van der Waals surface area contributed by atoms with Gasteiger partial charge in [-0.2, -0.15) is 5.26 Å². The third-order valence-electron chi connectivity index (χ3n) is 1.99. The molecule has 0 heterocycles. The van der Waals surface area contributed by atoms with E-state index in [4.69, 9.17) is 5.26 Å². The Bertz CT molecular complexity index is 523. The topological polar surface area (TPSA) is 94.7 Å². The van der Waals surface area contributed by atoms with Gasteiger partial charge >= 0.3 is 5.97 Å². The van der Waals surface area contributed by atoms with Crippen LogP contribution in [0, 0.1) is 11.5 Å². The highest BCUT2D eigenvalue weighted by Crippen LogP contribution is 2.29. The molecule has 0 amide bonds. The van der Waals surface area contributed by atoms with Gasteiger partial charge in [0, 0.05) is 0 Å². The zero-order valence-electron chi connectivity index (χ0n) is 9.80. The molecule has 0 spiro atoms. The van der Waals surface area contributed by atoms with E-state index in [1.54, 1.807) is 24.6 Å². The first-order chi connectivity index (χ1) is 8.63. The zero-order chi connectivity index (χ0) is 13.5. The zero-order valence-corrected chi connectivity index (χ0v) is 10.6. The fourth-order valence-corrected chi connectivity index (χ4v) is 1.55. The van der Waals surface area contributed by atoms with Gasteiger partial charge in [0.25, 0.3) is 0 Å². The molecule has 0 saturated carbocycles. The summed E-state index contributed by atoms with van der Waals surface area (Å²) in [6.45, 7) is 0. The lowest BCUT2D eigenvalue weighted by Gasteiger charge is -2.07. The summed E-state index contributed by atoms with van der Waals surface area (Å²) in [6.07, 6.45) is 3.46. The van der Waals surface area contributed by atoms with Gasteiger partial charge in [0.05, 0.1) is 12.8 Å². The van der Waals surface area contributed by atoms with Gasteiger partial charge in [-0.15, -0.1) is 0 Å². The van der Waals surface area contributed by atoms with Gasteiger partial charge in [-0.25, -0.2) is 9.79 Å². The smallest absolute Gasteiger partial charge is 0.343 e. The van der Waals surface area contributed by atoms with E-state index in [1.807, 2.05) is 0 Å². The summed E-state index contributed by atoms with van der Waals surface area (Å²) in [5, 5.41) is 20.9. The molecular formula is C11H11N3O3S. The highest BCUT2D eigenvalue weighted by molar-refractivity contribution is 8.13. The van der Waals surface area contributed by atoms with E-state index in [0.717, 1.165) is 0 Å². The van der Waals surface area contributed by atoms with E-state index >= 15 is 0 Å². The van der Waals surface area contributed by atoms with Crippen molar-refractivity contribution in [3.8, 4) is 11.9 Å². The summed E-state index contributed by atoms with van der Waals surface area (Å²) in [5.41, 5.74) is 0.195. The molecule has 0 aliphatic carbocycles. The van der Waals surface area contributed by atoms with Crippen LogP contribution in [0.3, 0.4) is 0 Å². The number of aliphatic imine (C=N–C) groups is 1. The highest BCUT2D eigenvalue weighted by atomic mass is 32.2. The van der Waals surface area contributed by atoms with E-state index in [2.05, 4.69) is 15.0 Å². The van der Waals surface area contributed by atoms with Crippen molar-refractivity contribution in [3.05, 3.63) is 23.8 Å². The molecule has 6 nitrogen and oxygen atoms in total. The SMILES string of the molecule is COC(=O)c1c(O)cccc1N=C(NC#N)SC. The van der Waals surface area contributed by atoms with Crippen molar-refractivity contribution in [2.75, 3.05) is 13.4 Å². The quantitative estimate of drug-likeness (QED) is 0.277. The second-order valence-electron chi connectivity index (χ2n) is 3.02. The molecule has 94 valence electrons. The standard InChI is InChI=1S/C11H11N3O3S/c1-17-10(16)9-7(4-3-5-8(9)15)14-11(18-2)13-6-12/h3-5,15H,1-2H3,(H,13,14). The Kier molecular flexibility index (Phi) is 5.02. The van der Waals surface area contributed by atoms with Crippen LogP contribution >= 0.6 is 11.8 Å². The van der Waals surface area contributed by atoms with Crippen molar-refractivity contribution in [2.45, 2.75) is 0 Å². The first-order valence-corrected chi connectivity index (χ1v) is 6.04. The van der Waals surface area contributed by atoms with Crippen LogP contribution in [0.15, 0.2) is 23.2 Å². The number of carbonyl (C=O) groups excluding carboxylic acids is 1. The molecule has 0 radical (unpaired) electrons. The number of amidine groups is 1. The first kappa shape index (κ1) is 13.9. The molecule has 18 heavy (non-hydrogen) atoms. The number of hydrogen-bond acceptors (Lipinski definition) is 6. The van der Waals surface area contributed by atoms with E-state index in [-0.39, 0.29) is 17.0 Å². The minimum Gasteiger partial charge on any atom is -0.507 e. The predicted octanol–water partition coefficient (Wildman–Crippen LogP) is 1.60. The third kappa shape index (κ3) is 3.15. The number of aromatic hydroxyl groups is 1. The van der Waals surface area contributed by atoms with Crippen molar-refractivity contribution < 1.29 is 14.6 Å². The Labute approximate surface area is 108 Å². The number of esters is 1. The lowest BCUT2D eigenvalue weighted by molar-refractivity contribution is 0.0598. The fraction of sp³-hybridized carbons (Fsp3) is 0.182. The Morgan fingerprint density at radius 2 is 2.33 bits per heavy atom. The number of carbonyl (C=O) groups is 1. The van der Waals surface area contributed by atoms with Gasteiger partial charge in [-0.3, -0.25) is 5.32 Å². The normalized spacial score (nSPS) is 10.6. The van der Waals surface area contributed by atoms with Crippen molar-refractivity contribution in [2.24, 2.45) is 4.99 Å².